The highest BCUT2D eigenvalue weighted by Crippen LogP contribution is 2.16. The summed E-state index contributed by atoms with van der Waals surface area (Å²) in [6.07, 6.45) is 0.883. The summed E-state index contributed by atoms with van der Waals surface area (Å²) in [4.78, 5) is 0. The van der Waals surface area contributed by atoms with Gasteiger partial charge in [0.15, 0.2) is 11.8 Å². The van der Waals surface area contributed by atoms with Crippen LogP contribution >= 0.6 is 0 Å². The third-order valence-electron chi connectivity index (χ3n) is 1.89. The van der Waals surface area contributed by atoms with Crippen LogP contribution < -0.4 is 5.23 Å². The van der Waals surface area contributed by atoms with Crippen molar-refractivity contribution in [3.8, 4) is 6.07 Å². The van der Waals surface area contributed by atoms with Crippen LogP contribution in [-0.2, 0) is 9.47 Å². The zero-order valence-corrected chi connectivity index (χ0v) is 7.77. The highest BCUT2D eigenvalue weighted by molar-refractivity contribution is 5.15. The molecule has 0 aromatic rings. The van der Waals surface area contributed by atoms with Crippen molar-refractivity contribution < 1.29 is 19.9 Å². The van der Waals surface area contributed by atoms with Gasteiger partial charge in [0, 0.05) is 13.0 Å². The summed E-state index contributed by atoms with van der Waals surface area (Å²) >= 11 is 0. The lowest BCUT2D eigenvalue weighted by Crippen LogP contribution is -3.10. The van der Waals surface area contributed by atoms with Crippen LogP contribution in [0.1, 0.15) is 13.3 Å². The van der Waals surface area contributed by atoms with Crippen molar-refractivity contribution >= 4 is 0 Å². The Labute approximate surface area is 81.5 Å². The Kier molecular flexibility index (Phi) is 3.85. The molecule has 0 aromatic heterocycles. The monoisotopic (exact) mass is 200 g/mol. The van der Waals surface area contributed by atoms with E-state index in [1.165, 1.54) is 6.08 Å². The Morgan fingerprint density at radius 2 is 2.64 bits per heavy atom. The van der Waals surface area contributed by atoms with E-state index in [-0.39, 0.29) is 12.2 Å². The molecular formula is C8H12N2O4. The zero-order chi connectivity index (χ0) is 10.6. The van der Waals surface area contributed by atoms with Crippen molar-refractivity contribution in [2.75, 3.05) is 6.61 Å². The molecule has 0 aliphatic carbocycles. The molecule has 0 radical (unpaired) electrons. The van der Waals surface area contributed by atoms with Crippen molar-refractivity contribution in [2.45, 2.75) is 25.7 Å². The Bertz CT molecular complexity index is 259. The van der Waals surface area contributed by atoms with Crippen molar-refractivity contribution in [3.05, 3.63) is 17.0 Å². The molecule has 0 saturated carbocycles. The van der Waals surface area contributed by atoms with Gasteiger partial charge in [0.05, 0.1) is 0 Å². The first-order chi connectivity index (χ1) is 6.69. The molecule has 0 saturated heterocycles. The average molecular weight is 200 g/mol. The average Bonchev–Trinajstić information content (AvgIpc) is 2.17. The topological polar surface area (TPSA) is 90.0 Å². The SMILES string of the molecule is CCOC1OC(C#N)=CCC1[NH+]([O-])O. The molecule has 78 valence electrons. The number of nitrogens with one attached hydrogen (secondary N) is 1. The molecule has 6 nitrogen and oxygen atoms in total. The van der Waals surface area contributed by atoms with E-state index in [4.69, 9.17) is 19.9 Å². The maximum atomic E-state index is 10.8. The number of hydrogen-bond donors (Lipinski definition) is 2. The molecule has 3 unspecified atom stereocenters. The number of nitrogens with zero attached hydrogens (tertiary/aromatic N) is 1. The number of quaternary nitrogens is 1. The number of hydroxylamine groups is 2. The minimum atomic E-state index is -0.975. The van der Waals surface area contributed by atoms with Crippen LogP contribution in [0.4, 0.5) is 0 Å². The van der Waals surface area contributed by atoms with Crippen LogP contribution in [0.15, 0.2) is 11.8 Å². The van der Waals surface area contributed by atoms with E-state index < -0.39 is 17.6 Å². The third kappa shape index (κ3) is 2.43. The number of allylic oxidation sites excluding steroid dienone is 1. The third-order valence-corrected chi connectivity index (χ3v) is 1.89. The van der Waals surface area contributed by atoms with E-state index in [0.29, 0.717) is 6.61 Å². The van der Waals surface area contributed by atoms with Gasteiger partial charge in [-0.2, -0.15) is 5.26 Å². The zero-order valence-electron chi connectivity index (χ0n) is 7.77. The normalized spacial score (nSPS) is 28.6. The summed E-state index contributed by atoms with van der Waals surface area (Å²) in [6, 6.07) is 1.09. The van der Waals surface area contributed by atoms with Gasteiger partial charge in [-0.3, -0.25) is 0 Å². The van der Waals surface area contributed by atoms with E-state index in [0.717, 1.165) is 0 Å². The quantitative estimate of drug-likeness (QED) is 0.589. The first kappa shape index (κ1) is 10.9. The second kappa shape index (κ2) is 4.93. The number of nitriles is 1. The molecule has 1 heterocycles. The summed E-state index contributed by atoms with van der Waals surface area (Å²) in [7, 11) is 0. The van der Waals surface area contributed by atoms with E-state index >= 15 is 0 Å². The highest BCUT2D eigenvalue weighted by Gasteiger charge is 2.33. The predicted molar refractivity (Wildman–Crippen MR) is 44.7 cm³/mol. The van der Waals surface area contributed by atoms with Gasteiger partial charge in [-0.15, -0.1) is 0 Å². The lowest BCUT2D eigenvalue weighted by Gasteiger charge is -2.32. The summed E-state index contributed by atoms with van der Waals surface area (Å²) in [5, 5.41) is 27.2. The van der Waals surface area contributed by atoms with Crippen molar-refractivity contribution in [1.29, 1.82) is 5.26 Å². The van der Waals surface area contributed by atoms with Crippen LogP contribution in [0.5, 0.6) is 0 Å². The molecule has 1 aliphatic rings. The molecule has 0 aromatic carbocycles. The molecule has 0 amide bonds. The Morgan fingerprint density at radius 1 is 1.93 bits per heavy atom. The van der Waals surface area contributed by atoms with Crippen molar-refractivity contribution in [1.82, 2.24) is 0 Å². The molecular weight excluding hydrogens is 188 g/mol. The maximum Gasteiger partial charge on any atom is 0.256 e. The van der Waals surface area contributed by atoms with Crippen LogP contribution in [0.25, 0.3) is 0 Å². The second-order valence-electron chi connectivity index (χ2n) is 2.80. The van der Waals surface area contributed by atoms with Gasteiger partial charge in [0.2, 0.25) is 0 Å². The van der Waals surface area contributed by atoms with Gasteiger partial charge < -0.3 is 14.7 Å². The fourth-order valence-electron chi connectivity index (χ4n) is 1.20. The lowest BCUT2D eigenvalue weighted by atomic mass is 10.1. The van der Waals surface area contributed by atoms with Crippen LogP contribution in [0.3, 0.4) is 0 Å². The summed E-state index contributed by atoms with van der Waals surface area (Å²) < 4.78 is 10.1. The first-order valence-corrected chi connectivity index (χ1v) is 4.30. The standard InChI is InChI=1S/C8H12N2O4/c1-2-13-8-7(10(11)12)4-3-6(5-9)14-8/h3,7-8,10-11H,2,4H2,1H3. The largest absolute Gasteiger partial charge is 0.600 e. The van der Waals surface area contributed by atoms with Crippen molar-refractivity contribution in [3.63, 3.8) is 0 Å². The van der Waals surface area contributed by atoms with E-state index in [1.54, 1.807) is 6.92 Å². The van der Waals surface area contributed by atoms with Gasteiger partial charge in [-0.1, -0.05) is 0 Å². The van der Waals surface area contributed by atoms with Gasteiger partial charge in [-0.05, 0) is 13.0 Å². The highest BCUT2D eigenvalue weighted by atomic mass is 16.8. The first-order valence-electron chi connectivity index (χ1n) is 4.30. The van der Waals surface area contributed by atoms with Crippen LogP contribution in [0, 0.1) is 16.5 Å². The molecule has 14 heavy (non-hydrogen) atoms. The number of ether oxygens (including phenoxy) is 2. The van der Waals surface area contributed by atoms with Gasteiger partial charge in [0.25, 0.3) is 6.29 Å². The van der Waals surface area contributed by atoms with E-state index in [1.807, 2.05) is 6.07 Å². The minimum absolute atomic E-state index is 0.126. The smallest absolute Gasteiger partial charge is 0.256 e. The molecule has 0 spiro atoms. The molecule has 2 N–H and O–H groups in total. The summed E-state index contributed by atoms with van der Waals surface area (Å²) in [6.45, 7) is 2.10. The summed E-state index contributed by atoms with van der Waals surface area (Å²) in [5.74, 6) is 0.126. The predicted octanol–water partition coefficient (Wildman–Crippen LogP) is -0.683. The maximum absolute atomic E-state index is 10.8. The fraction of sp³-hybridized carbons (Fsp3) is 0.625. The molecule has 1 rings (SSSR count). The molecule has 0 fully saturated rings. The molecule has 6 heteroatoms. The summed E-state index contributed by atoms with van der Waals surface area (Å²) in [5.41, 5.74) is 0. The van der Waals surface area contributed by atoms with Crippen molar-refractivity contribution in [2.24, 2.45) is 0 Å². The lowest BCUT2D eigenvalue weighted by molar-refractivity contribution is -1.07. The second-order valence-corrected chi connectivity index (χ2v) is 2.80. The fourth-order valence-corrected chi connectivity index (χ4v) is 1.20. The van der Waals surface area contributed by atoms with E-state index in [9.17, 15) is 5.21 Å². The minimum Gasteiger partial charge on any atom is -0.600 e. The number of rotatable bonds is 3. The van der Waals surface area contributed by atoms with E-state index in [2.05, 4.69) is 0 Å². The van der Waals surface area contributed by atoms with Gasteiger partial charge >= 0.3 is 0 Å². The van der Waals surface area contributed by atoms with Crippen LogP contribution in [0.2, 0.25) is 0 Å². The van der Waals surface area contributed by atoms with Gasteiger partial charge in [0.1, 0.15) is 6.07 Å². The molecule has 1 aliphatic heterocycles. The molecule has 3 atom stereocenters. The Balaban J connectivity index is 2.68. The number of hydrogen-bond acceptors (Lipinski definition) is 5. The Morgan fingerprint density at radius 3 is 3.14 bits per heavy atom. The van der Waals surface area contributed by atoms with Gasteiger partial charge in [-0.25, -0.2) is 10.4 Å². The van der Waals surface area contributed by atoms with Crippen LogP contribution in [-0.4, -0.2) is 24.1 Å². The molecule has 0 bridgehead atoms. The Hall–Kier alpha value is -1.13.